The number of anilines is 6. The smallest absolute Gasteiger partial charge is 0.297 e. The molecule has 0 unspecified atom stereocenters. The lowest BCUT2D eigenvalue weighted by Gasteiger charge is -2.43. The maximum absolute atomic E-state index is 7.49. The molecule has 1 aromatic heterocycles. The van der Waals surface area contributed by atoms with Gasteiger partial charge < -0.3 is 14.2 Å². The van der Waals surface area contributed by atoms with Gasteiger partial charge in [-0.2, -0.15) is 0 Å². The van der Waals surface area contributed by atoms with Crippen molar-refractivity contribution >= 4 is 68.4 Å². The molecule has 1 aliphatic carbocycles. The molecule has 0 fully saturated rings. The predicted octanol–water partition coefficient (Wildman–Crippen LogP) is 14.4. The van der Waals surface area contributed by atoms with E-state index < -0.39 is 0 Å². The third-order valence-corrected chi connectivity index (χ3v) is 14.8. The lowest BCUT2D eigenvalue weighted by Crippen LogP contribution is -2.61. The van der Waals surface area contributed by atoms with E-state index in [1.54, 1.807) is 0 Å². The van der Waals surface area contributed by atoms with Gasteiger partial charge in [-0.1, -0.05) is 124 Å². The molecule has 2 aliphatic heterocycles. The Kier molecular flexibility index (Phi) is 8.85. The Morgan fingerprint density at radius 2 is 1.16 bits per heavy atom. The number of hydrogen-bond acceptors (Lipinski definition) is 3. The van der Waals surface area contributed by atoms with Crippen molar-refractivity contribution in [2.75, 3.05) is 9.80 Å². The van der Waals surface area contributed by atoms with Gasteiger partial charge in [-0.25, -0.2) is 0 Å². The summed E-state index contributed by atoms with van der Waals surface area (Å²) in [6, 6.07) is 40.2. The van der Waals surface area contributed by atoms with Gasteiger partial charge in [-0.3, -0.25) is 0 Å². The van der Waals surface area contributed by atoms with Crippen molar-refractivity contribution in [1.29, 1.82) is 0 Å². The monoisotopic (exact) mass is 815 g/mol. The molecule has 0 atom stereocenters. The van der Waals surface area contributed by atoms with Crippen LogP contribution in [0.1, 0.15) is 127 Å². The third kappa shape index (κ3) is 6.14. The Bertz CT molecular complexity index is 2960. The van der Waals surface area contributed by atoms with Gasteiger partial charge in [0, 0.05) is 33.8 Å². The van der Waals surface area contributed by atoms with Gasteiger partial charge in [0.15, 0.2) is 0 Å². The van der Waals surface area contributed by atoms with Crippen molar-refractivity contribution in [3.8, 4) is 11.1 Å². The Morgan fingerprint density at radius 1 is 0.565 bits per heavy atom. The van der Waals surface area contributed by atoms with Crippen LogP contribution in [-0.4, -0.2) is 6.71 Å². The molecule has 0 saturated heterocycles. The van der Waals surface area contributed by atoms with Gasteiger partial charge in [0.05, 0.1) is 11.3 Å². The van der Waals surface area contributed by atoms with E-state index in [0.29, 0.717) is 0 Å². The average Bonchev–Trinajstić information content (AvgIpc) is 3.57. The second-order valence-electron chi connectivity index (χ2n) is 22.4. The summed E-state index contributed by atoms with van der Waals surface area (Å²) in [5.41, 5.74) is 25.1. The molecule has 0 spiro atoms. The van der Waals surface area contributed by atoms with Gasteiger partial charge in [0.2, 0.25) is 0 Å². The first kappa shape index (κ1) is 40.6. The quantitative estimate of drug-likeness (QED) is 0.166. The second-order valence-corrected chi connectivity index (χ2v) is 22.4. The van der Waals surface area contributed by atoms with Crippen molar-refractivity contribution in [2.45, 2.75) is 131 Å². The van der Waals surface area contributed by atoms with E-state index in [1.165, 1.54) is 100 Å². The van der Waals surface area contributed by atoms with Crippen LogP contribution in [0.4, 0.5) is 34.1 Å². The highest BCUT2D eigenvalue weighted by atomic mass is 16.3. The van der Waals surface area contributed by atoms with Crippen LogP contribution >= 0.6 is 0 Å². The summed E-state index contributed by atoms with van der Waals surface area (Å²) in [4.78, 5) is 5.13. The zero-order valence-electron chi connectivity index (χ0n) is 39.6. The van der Waals surface area contributed by atoms with Crippen LogP contribution in [0.3, 0.4) is 0 Å². The average molecular weight is 815 g/mol. The lowest BCUT2D eigenvalue weighted by atomic mass is 9.35. The van der Waals surface area contributed by atoms with E-state index in [-0.39, 0.29) is 28.4 Å². The van der Waals surface area contributed by atoms with Crippen LogP contribution in [0.5, 0.6) is 0 Å². The summed E-state index contributed by atoms with van der Waals surface area (Å²) >= 11 is 0. The highest BCUT2D eigenvalue weighted by Gasteiger charge is 2.48. The van der Waals surface area contributed by atoms with Gasteiger partial charge >= 0.3 is 0 Å². The molecule has 0 bridgehead atoms. The molecule has 6 aromatic carbocycles. The molecule has 3 heterocycles. The minimum absolute atomic E-state index is 0.0383. The normalized spacial score (nSPS) is 16.3. The topological polar surface area (TPSA) is 19.6 Å². The van der Waals surface area contributed by atoms with Crippen LogP contribution < -0.4 is 26.4 Å². The lowest BCUT2D eigenvalue weighted by molar-refractivity contribution is 0.332. The predicted molar refractivity (Wildman–Crippen MR) is 267 cm³/mol. The van der Waals surface area contributed by atoms with E-state index in [1.807, 2.05) is 0 Å². The fourth-order valence-electron chi connectivity index (χ4n) is 11.1. The molecule has 3 aliphatic rings. The van der Waals surface area contributed by atoms with Crippen molar-refractivity contribution < 1.29 is 4.42 Å². The number of rotatable bonds is 3. The number of furan rings is 1. The largest absolute Gasteiger partial charge is 0.468 e. The van der Waals surface area contributed by atoms with Gasteiger partial charge in [-0.05, 0) is 177 Å². The summed E-state index contributed by atoms with van der Waals surface area (Å²) in [6.07, 6.45) is 2.32. The Morgan fingerprint density at radius 3 is 1.77 bits per heavy atom. The molecule has 0 N–H and O–H groups in total. The van der Waals surface area contributed by atoms with E-state index in [9.17, 15) is 0 Å². The number of nitrogens with zero attached hydrogens (tertiary/aromatic N) is 2. The molecule has 0 amide bonds. The zero-order chi connectivity index (χ0) is 44.0. The van der Waals surface area contributed by atoms with E-state index in [0.717, 1.165) is 29.8 Å². The summed E-state index contributed by atoms with van der Waals surface area (Å²) in [7, 11) is 0. The van der Waals surface area contributed by atoms with Crippen LogP contribution in [0.2, 0.25) is 0 Å². The van der Waals surface area contributed by atoms with Crippen LogP contribution in [0.25, 0.3) is 22.1 Å². The van der Waals surface area contributed by atoms with Crippen molar-refractivity contribution in [2.24, 2.45) is 0 Å². The molecule has 0 saturated carbocycles. The first-order chi connectivity index (χ1) is 29.1. The number of hydrogen-bond donors (Lipinski definition) is 0. The molecular weight excluding hydrogens is 751 g/mol. The van der Waals surface area contributed by atoms with Gasteiger partial charge in [-0.15, -0.1) is 0 Å². The zero-order valence-corrected chi connectivity index (χ0v) is 39.6. The Hall–Kier alpha value is -5.48. The van der Waals surface area contributed by atoms with E-state index >= 15 is 0 Å². The van der Waals surface area contributed by atoms with Gasteiger partial charge in [0.25, 0.3) is 6.71 Å². The molecule has 62 heavy (non-hydrogen) atoms. The number of benzene rings is 6. The fraction of sp³-hybridized carbons (Fsp3) is 0.345. The first-order valence-corrected chi connectivity index (χ1v) is 22.9. The molecule has 0 radical (unpaired) electrons. The SMILES string of the molecule is Cc1cc2c3c(c1)N(c1ccc(C(C)(C)C)cc1)c1c(oc4cc5c(cc14)C(C)(C)CCC5(C)C)B3c1ccc(-c3c(C)cccc3C)cc1N2c1ccc(C(C)(C)C)cc1C. The molecule has 314 valence electrons. The minimum Gasteiger partial charge on any atom is -0.468 e. The minimum atomic E-state index is -0.112. The number of aryl methyl sites for hydroxylation is 4. The molecular formula is C58H63BN2O. The summed E-state index contributed by atoms with van der Waals surface area (Å²) < 4.78 is 7.49. The molecule has 3 nitrogen and oxygen atoms in total. The van der Waals surface area contributed by atoms with Crippen LogP contribution in [0.15, 0.2) is 108 Å². The maximum Gasteiger partial charge on any atom is 0.297 e. The van der Waals surface area contributed by atoms with Crippen molar-refractivity contribution in [3.05, 3.63) is 148 Å². The highest BCUT2D eigenvalue weighted by molar-refractivity contribution is 7.00. The standard InChI is InChI=1S/C58H63BN2O/c1-34-28-48-52-49(29-34)61(46-25-21-40(30-37(46)4)56(8,9)10)47-31-38(51-35(2)16-15-17-36(51)3)18-24-45(47)59(52)54-53(60(48)41-22-19-39(20-23-41)55(5,6)7)42-32-43-44(33-50(42)62-54)58(13,14)27-26-57(43,11)12/h15-25,28-33H,26-27H2,1-14H3. The van der Waals surface area contributed by atoms with Gasteiger partial charge in [0.1, 0.15) is 5.58 Å². The van der Waals surface area contributed by atoms with Crippen LogP contribution in [0, 0.1) is 27.7 Å². The highest BCUT2D eigenvalue weighted by Crippen LogP contribution is 2.52. The van der Waals surface area contributed by atoms with Crippen molar-refractivity contribution in [1.82, 2.24) is 0 Å². The summed E-state index contributed by atoms with van der Waals surface area (Å²) in [5, 5.41) is 1.20. The second kappa shape index (κ2) is 13.5. The summed E-state index contributed by atoms with van der Waals surface area (Å²) in [6.45, 7) is 32.5. The fourth-order valence-corrected chi connectivity index (χ4v) is 11.1. The Balaban J connectivity index is 1.32. The first-order valence-electron chi connectivity index (χ1n) is 22.9. The van der Waals surface area contributed by atoms with Crippen molar-refractivity contribution in [3.63, 3.8) is 0 Å². The van der Waals surface area contributed by atoms with E-state index in [2.05, 4.69) is 210 Å². The third-order valence-electron chi connectivity index (χ3n) is 14.8. The Labute approximate surface area is 371 Å². The van der Waals surface area contributed by atoms with E-state index in [4.69, 9.17) is 4.42 Å². The van der Waals surface area contributed by atoms with Crippen LogP contribution in [-0.2, 0) is 21.7 Å². The maximum atomic E-state index is 7.49. The summed E-state index contributed by atoms with van der Waals surface area (Å²) in [5.74, 6) is 0. The number of fused-ring (bicyclic) bond motifs is 7. The molecule has 7 aromatic rings. The molecule has 4 heteroatoms. The molecule has 10 rings (SSSR count).